The molecule has 2 rings (SSSR count). The molecule has 0 spiro atoms. The second-order valence-electron chi connectivity index (χ2n) is 6.13. The SMILES string of the molecule is CC[C@@H](O/N=C/c1cc(-n2c(=O)cc(C(F)(F)F)n(C)c2=O)c(F)cc1Cl)C(=O)OC. The number of hydrogen-bond acceptors (Lipinski definition) is 6. The van der Waals surface area contributed by atoms with E-state index < -0.39 is 46.7 Å². The number of oxime groups is 1. The van der Waals surface area contributed by atoms with Crippen LogP contribution in [0.25, 0.3) is 5.69 Å². The molecule has 0 bridgehead atoms. The second kappa shape index (κ2) is 9.33. The first-order valence-electron chi connectivity index (χ1n) is 8.59. The number of rotatable bonds is 6. The van der Waals surface area contributed by atoms with E-state index >= 15 is 0 Å². The lowest BCUT2D eigenvalue weighted by Gasteiger charge is -2.15. The highest BCUT2D eigenvalue weighted by molar-refractivity contribution is 6.33. The van der Waals surface area contributed by atoms with Gasteiger partial charge in [0.15, 0.2) is 0 Å². The van der Waals surface area contributed by atoms with E-state index in [0.717, 1.165) is 32.5 Å². The number of hydrogen-bond donors (Lipinski definition) is 0. The number of esters is 1. The minimum atomic E-state index is -4.96. The maximum absolute atomic E-state index is 14.4. The first kappa shape index (κ1) is 24.1. The fourth-order valence-electron chi connectivity index (χ4n) is 2.52. The molecule has 31 heavy (non-hydrogen) atoms. The summed E-state index contributed by atoms with van der Waals surface area (Å²) < 4.78 is 58.3. The number of ether oxygens (including phenoxy) is 1. The van der Waals surface area contributed by atoms with Crippen molar-refractivity contribution in [1.29, 1.82) is 0 Å². The van der Waals surface area contributed by atoms with E-state index in [4.69, 9.17) is 16.4 Å². The second-order valence-corrected chi connectivity index (χ2v) is 6.53. The normalized spacial score (nSPS) is 12.8. The van der Waals surface area contributed by atoms with Crippen molar-refractivity contribution in [2.24, 2.45) is 12.2 Å². The molecule has 0 amide bonds. The summed E-state index contributed by atoms with van der Waals surface area (Å²) in [5.41, 5.74) is -4.99. The molecule has 1 atom stereocenters. The van der Waals surface area contributed by atoms with Crippen molar-refractivity contribution in [3.8, 4) is 5.69 Å². The first-order valence-corrected chi connectivity index (χ1v) is 8.96. The molecular formula is C18H16ClF4N3O5. The van der Waals surface area contributed by atoms with E-state index in [-0.39, 0.29) is 32.2 Å². The van der Waals surface area contributed by atoms with Crippen LogP contribution in [0.2, 0.25) is 5.02 Å². The zero-order valence-corrected chi connectivity index (χ0v) is 17.1. The Bertz CT molecular complexity index is 1140. The van der Waals surface area contributed by atoms with Crippen LogP contribution in [0.1, 0.15) is 24.6 Å². The van der Waals surface area contributed by atoms with Crippen LogP contribution < -0.4 is 11.2 Å². The molecule has 0 radical (unpaired) electrons. The molecule has 1 heterocycles. The van der Waals surface area contributed by atoms with Gasteiger partial charge in [-0.25, -0.2) is 18.5 Å². The Balaban J connectivity index is 2.55. The number of benzene rings is 1. The number of nitrogens with zero attached hydrogens (tertiary/aromatic N) is 3. The van der Waals surface area contributed by atoms with Gasteiger partial charge in [0.05, 0.1) is 24.0 Å². The van der Waals surface area contributed by atoms with E-state index in [1.54, 1.807) is 6.92 Å². The van der Waals surface area contributed by atoms with Crippen molar-refractivity contribution in [3.63, 3.8) is 0 Å². The first-order chi connectivity index (χ1) is 14.4. The van der Waals surface area contributed by atoms with Crippen LogP contribution in [0.3, 0.4) is 0 Å². The zero-order chi connectivity index (χ0) is 23.5. The molecule has 0 unspecified atom stereocenters. The van der Waals surface area contributed by atoms with Crippen molar-refractivity contribution in [2.75, 3.05) is 7.11 Å². The predicted octanol–water partition coefficient (Wildman–Crippen LogP) is 2.65. The standard InChI is InChI=1S/C18H16ClF4N3O5/c1-4-13(16(28)30-3)31-24-8-9-5-12(11(20)6-10(9)19)26-15(27)7-14(18(21,22)23)25(2)17(26)29/h5-8,13H,4H2,1-3H3/b24-8+/t13-/m1/s1. The lowest BCUT2D eigenvalue weighted by atomic mass is 10.2. The van der Waals surface area contributed by atoms with Crippen molar-refractivity contribution in [2.45, 2.75) is 25.6 Å². The third-order valence-corrected chi connectivity index (χ3v) is 4.46. The number of aromatic nitrogens is 2. The predicted molar refractivity (Wildman–Crippen MR) is 102 cm³/mol. The van der Waals surface area contributed by atoms with Gasteiger partial charge >= 0.3 is 17.8 Å². The van der Waals surface area contributed by atoms with Crippen LogP contribution in [0.15, 0.2) is 32.9 Å². The lowest BCUT2D eigenvalue weighted by Crippen LogP contribution is -2.41. The average Bonchev–Trinajstić information content (AvgIpc) is 2.69. The monoisotopic (exact) mass is 465 g/mol. The minimum Gasteiger partial charge on any atom is -0.466 e. The number of methoxy groups -OCH3 is 1. The van der Waals surface area contributed by atoms with Crippen LogP contribution in [-0.4, -0.2) is 34.5 Å². The molecule has 2 aromatic rings. The molecule has 0 fully saturated rings. The number of alkyl halides is 3. The summed E-state index contributed by atoms with van der Waals surface area (Å²) in [5, 5.41) is 3.37. The van der Waals surface area contributed by atoms with E-state index in [1.165, 1.54) is 0 Å². The van der Waals surface area contributed by atoms with E-state index in [0.29, 0.717) is 0 Å². The zero-order valence-electron chi connectivity index (χ0n) is 16.4. The van der Waals surface area contributed by atoms with Gasteiger partial charge in [-0.15, -0.1) is 0 Å². The van der Waals surface area contributed by atoms with Crippen molar-refractivity contribution in [1.82, 2.24) is 9.13 Å². The van der Waals surface area contributed by atoms with Gasteiger partial charge in [0.1, 0.15) is 11.5 Å². The highest BCUT2D eigenvalue weighted by atomic mass is 35.5. The molecule has 0 aliphatic heterocycles. The van der Waals surface area contributed by atoms with Crippen LogP contribution >= 0.6 is 11.6 Å². The molecule has 168 valence electrons. The smallest absolute Gasteiger partial charge is 0.431 e. The van der Waals surface area contributed by atoms with Gasteiger partial charge in [0, 0.05) is 18.7 Å². The van der Waals surface area contributed by atoms with Gasteiger partial charge in [-0.1, -0.05) is 23.7 Å². The van der Waals surface area contributed by atoms with Crippen LogP contribution in [0.4, 0.5) is 17.6 Å². The molecule has 0 aliphatic carbocycles. The molecule has 0 saturated heterocycles. The summed E-state index contributed by atoms with van der Waals surface area (Å²) in [4.78, 5) is 41.0. The van der Waals surface area contributed by atoms with E-state index in [2.05, 4.69) is 9.89 Å². The Morgan fingerprint density at radius 3 is 2.48 bits per heavy atom. The third-order valence-electron chi connectivity index (χ3n) is 4.13. The Labute approximate surface area is 177 Å². The van der Waals surface area contributed by atoms with Crippen LogP contribution in [0.5, 0.6) is 0 Å². The summed E-state index contributed by atoms with van der Waals surface area (Å²) in [5.74, 6) is -1.83. The fraction of sp³-hybridized carbons (Fsp3) is 0.333. The lowest BCUT2D eigenvalue weighted by molar-refractivity contribution is -0.154. The molecule has 0 saturated carbocycles. The number of carbonyl (C=O) groups excluding carboxylic acids is 1. The minimum absolute atomic E-state index is 0.0355. The molecule has 1 aromatic carbocycles. The quantitative estimate of drug-likeness (QED) is 0.283. The summed E-state index contributed by atoms with van der Waals surface area (Å²) in [6, 6.07) is 1.85. The van der Waals surface area contributed by atoms with Gasteiger partial charge in [0.2, 0.25) is 6.10 Å². The Morgan fingerprint density at radius 2 is 1.94 bits per heavy atom. The molecular weight excluding hydrogens is 450 g/mol. The van der Waals surface area contributed by atoms with Crippen molar-refractivity contribution in [3.05, 3.63) is 61.1 Å². The Morgan fingerprint density at radius 1 is 1.29 bits per heavy atom. The van der Waals surface area contributed by atoms with E-state index in [1.807, 2.05) is 0 Å². The maximum Gasteiger partial charge on any atom is 0.431 e. The van der Waals surface area contributed by atoms with Gasteiger partial charge in [-0.2, -0.15) is 13.2 Å². The largest absolute Gasteiger partial charge is 0.466 e. The van der Waals surface area contributed by atoms with Gasteiger partial charge in [0.25, 0.3) is 5.56 Å². The maximum atomic E-state index is 14.4. The topological polar surface area (TPSA) is 91.9 Å². The molecule has 0 aliphatic rings. The van der Waals surface area contributed by atoms with Gasteiger partial charge in [-0.3, -0.25) is 9.36 Å². The average molecular weight is 466 g/mol. The molecule has 13 heteroatoms. The van der Waals surface area contributed by atoms with Crippen LogP contribution in [-0.2, 0) is 27.6 Å². The number of carbonyl (C=O) groups is 1. The Kier molecular flexibility index (Phi) is 7.26. The van der Waals surface area contributed by atoms with E-state index in [9.17, 15) is 31.9 Å². The number of halogens is 5. The summed E-state index contributed by atoms with van der Waals surface area (Å²) in [7, 11) is 1.95. The fourth-order valence-corrected chi connectivity index (χ4v) is 2.72. The molecule has 8 nitrogen and oxygen atoms in total. The van der Waals surface area contributed by atoms with Gasteiger partial charge in [-0.05, 0) is 18.6 Å². The van der Waals surface area contributed by atoms with Crippen LogP contribution in [0, 0.1) is 5.82 Å². The Hall–Kier alpha value is -3.15. The summed E-state index contributed by atoms with van der Waals surface area (Å²) >= 11 is 5.93. The third kappa shape index (κ3) is 5.13. The highest BCUT2D eigenvalue weighted by Crippen LogP contribution is 2.27. The molecule has 1 aromatic heterocycles. The highest BCUT2D eigenvalue weighted by Gasteiger charge is 2.35. The van der Waals surface area contributed by atoms with Crippen molar-refractivity contribution < 1.29 is 31.9 Å². The molecule has 0 N–H and O–H groups in total. The summed E-state index contributed by atoms with van der Waals surface area (Å²) in [6.07, 6.45) is -4.78. The van der Waals surface area contributed by atoms with Gasteiger partial charge < -0.3 is 9.57 Å². The van der Waals surface area contributed by atoms with Crippen molar-refractivity contribution >= 4 is 23.8 Å². The summed E-state index contributed by atoms with van der Waals surface area (Å²) in [6.45, 7) is 1.63.